The predicted molar refractivity (Wildman–Crippen MR) is 41.7 cm³/mol. The van der Waals surface area contributed by atoms with Crippen LogP contribution in [0.3, 0.4) is 0 Å². The first kappa shape index (κ1) is 16.5. The fourth-order valence-corrected chi connectivity index (χ4v) is 0.203. The minimum atomic E-state index is -0.211. The number of aliphatic hydroxyl groups excluding tert-OH is 1. The van der Waals surface area contributed by atoms with Gasteiger partial charge in [-0.1, -0.05) is 0 Å². The van der Waals surface area contributed by atoms with Crippen LogP contribution in [0.2, 0.25) is 0 Å². The summed E-state index contributed by atoms with van der Waals surface area (Å²) in [6.07, 6.45) is 0. The van der Waals surface area contributed by atoms with Gasteiger partial charge in [0.25, 0.3) is 0 Å². The molecule has 0 rings (SSSR count). The number of nitriles is 1. The molecular formula is C7H15NO3. The number of nitrogens with zero attached hydrogens (tertiary/aromatic N) is 1. The number of aliphatic hydroxyl groups is 1. The Kier molecular flexibility index (Phi) is 34.6. The predicted octanol–water partition coefficient (Wildman–Crippen LogP) is 0.708. The first-order valence-electron chi connectivity index (χ1n) is 3.07. The van der Waals surface area contributed by atoms with Crippen molar-refractivity contribution in [1.82, 2.24) is 0 Å². The summed E-state index contributed by atoms with van der Waals surface area (Å²) in [5.74, 6) is -0.211. The number of rotatable bonds is 1. The number of carbonyl (C=O) groups is 1. The molecule has 0 unspecified atom stereocenters. The van der Waals surface area contributed by atoms with E-state index in [1.165, 1.54) is 13.8 Å². The van der Waals surface area contributed by atoms with Crippen LogP contribution >= 0.6 is 0 Å². The van der Waals surface area contributed by atoms with Crippen LogP contribution in [0.1, 0.15) is 20.8 Å². The maximum atomic E-state index is 9.82. The van der Waals surface area contributed by atoms with Gasteiger partial charge in [0.1, 0.15) is 0 Å². The average Bonchev–Trinajstić information content (AvgIpc) is 1.93. The van der Waals surface area contributed by atoms with Crippen molar-refractivity contribution in [1.29, 1.82) is 5.26 Å². The summed E-state index contributed by atoms with van der Waals surface area (Å²) in [7, 11) is 1.00. The number of esters is 1. The zero-order valence-electron chi connectivity index (χ0n) is 7.42. The Labute approximate surface area is 67.4 Å². The lowest BCUT2D eigenvalue weighted by atomic mass is 10.8. The quantitative estimate of drug-likeness (QED) is 0.575. The van der Waals surface area contributed by atoms with Gasteiger partial charge in [0, 0.05) is 21.0 Å². The van der Waals surface area contributed by atoms with Gasteiger partial charge in [0.15, 0.2) is 0 Å². The Hall–Kier alpha value is -1.08. The van der Waals surface area contributed by atoms with E-state index in [1.54, 1.807) is 13.0 Å². The first-order valence-corrected chi connectivity index (χ1v) is 3.07. The van der Waals surface area contributed by atoms with Crippen molar-refractivity contribution in [2.45, 2.75) is 20.8 Å². The van der Waals surface area contributed by atoms with Crippen molar-refractivity contribution in [2.75, 3.05) is 13.7 Å². The van der Waals surface area contributed by atoms with E-state index in [2.05, 4.69) is 4.74 Å². The molecule has 0 aromatic rings. The third-order valence-corrected chi connectivity index (χ3v) is 0.348. The molecule has 0 saturated carbocycles. The van der Waals surface area contributed by atoms with Crippen molar-refractivity contribution in [2.24, 2.45) is 0 Å². The summed E-state index contributed by atoms with van der Waals surface area (Å²) in [4.78, 5) is 9.82. The maximum absolute atomic E-state index is 9.82. The van der Waals surface area contributed by atoms with Gasteiger partial charge in [0.2, 0.25) is 0 Å². The zero-order chi connectivity index (χ0) is 9.70. The van der Waals surface area contributed by atoms with Crippen LogP contribution < -0.4 is 0 Å². The molecule has 0 aromatic carbocycles. The number of hydrogen-bond donors (Lipinski definition) is 1. The molecule has 0 saturated heterocycles. The van der Waals surface area contributed by atoms with Gasteiger partial charge < -0.3 is 9.84 Å². The molecule has 0 bridgehead atoms. The van der Waals surface area contributed by atoms with Crippen molar-refractivity contribution < 1.29 is 14.6 Å². The first-order chi connectivity index (χ1) is 5.18. The van der Waals surface area contributed by atoms with Gasteiger partial charge in [-0.05, 0) is 6.92 Å². The van der Waals surface area contributed by atoms with Crippen molar-refractivity contribution in [3.05, 3.63) is 0 Å². The van der Waals surface area contributed by atoms with Gasteiger partial charge in [-0.3, -0.25) is 4.79 Å². The second-order valence-corrected chi connectivity index (χ2v) is 1.15. The molecule has 4 nitrogen and oxygen atoms in total. The van der Waals surface area contributed by atoms with Gasteiger partial charge >= 0.3 is 5.97 Å². The van der Waals surface area contributed by atoms with E-state index in [0.29, 0.717) is 6.61 Å². The maximum Gasteiger partial charge on any atom is 0.302 e. The highest BCUT2D eigenvalue weighted by molar-refractivity contribution is 5.65. The normalized spacial score (nSPS) is 5.45. The number of carbonyl (C=O) groups excluding carboxylic acids is 1. The highest BCUT2D eigenvalue weighted by Gasteiger charge is 1.81. The fourth-order valence-electron chi connectivity index (χ4n) is 0.203. The van der Waals surface area contributed by atoms with Crippen molar-refractivity contribution >= 4 is 5.97 Å². The summed E-state index contributed by atoms with van der Waals surface area (Å²) >= 11 is 0. The van der Waals surface area contributed by atoms with Gasteiger partial charge in [0.05, 0.1) is 12.7 Å². The largest absolute Gasteiger partial charge is 0.466 e. The number of ether oxygens (including phenoxy) is 1. The minimum Gasteiger partial charge on any atom is -0.466 e. The lowest BCUT2D eigenvalue weighted by molar-refractivity contribution is -0.140. The summed E-state index contributed by atoms with van der Waals surface area (Å²) in [5.41, 5.74) is 0. The smallest absolute Gasteiger partial charge is 0.302 e. The molecule has 4 heteroatoms. The molecule has 0 aliphatic rings. The van der Waals surface area contributed by atoms with Crippen LogP contribution in [0.15, 0.2) is 0 Å². The zero-order valence-corrected chi connectivity index (χ0v) is 7.42. The Balaban J connectivity index is -0.000000109. The Bertz CT molecular complexity index is 107. The summed E-state index contributed by atoms with van der Waals surface area (Å²) in [6, 6.07) is 1.75. The van der Waals surface area contributed by atoms with Gasteiger partial charge in [-0.2, -0.15) is 5.26 Å². The molecule has 0 spiro atoms. The van der Waals surface area contributed by atoms with Crippen molar-refractivity contribution in [3.63, 3.8) is 0 Å². The highest BCUT2D eigenvalue weighted by atomic mass is 16.5. The van der Waals surface area contributed by atoms with Crippen LogP contribution in [0.25, 0.3) is 0 Å². The Morgan fingerprint density at radius 1 is 1.64 bits per heavy atom. The molecule has 0 amide bonds. The van der Waals surface area contributed by atoms with E-state index >= 15 is 0 Å². The lowest BCUT2D eigenvalue weighted by Gasteiger charge is -1.89. The Morgan fingerprint density at radius 3 is 1.91 bits per heavy atom. The van der Waals surface area contributed by atoms with E-state index in [1.807, 2.05) is 0 Å². The lowest BCUT2D eigenvalue weighted by Crippen LogP contribution is -1.95. The molecule has 0 heterocycles. The number of hydrogen-bond acceptors (Lipinski definition) is 4. The monoisotopic (exact) mass is 161 g/mol. The molecule has 11 heavy (non-hydrogen) atoms. The third kappa shape index (κ3) is 116. The van der Waals surface area contributed by atoms with Crippen molar-refractivity contribution in [3.8, 4) is 6.07 Å². The second-order valence-electron chi connectivity index (χ2n) is 1.15. The van der Waals surface area contributed by atoms with Crippen LogP contribution in [0.5, 0.6) is 0 Å². The molecule has 0 aliphatic heterocycles. The highest BCUT2D eigenvalue weighted by Crippen LogP contribution is 1.69. The van der Waals surface area contributed by atoms with Crippen LogP contribution in [0.4, 0.5) is 0 Å². The molecule has 66 valence electrons. The fraction of sp³-hybridized carbons (Fsp3) is 0.714. The van der Waals surface area contributed by atoms with Crippen LogP contribution in [-0.4, -0.2) is 24.8 Å². The van der Waals surface area contributed by atoms with E-state index in [9.17, 15) is 4.79 Å². The van der Waals surface area contributed by atoms with E-state index in [4.69, 9.17) is 10.4 Å². The standard InChI is InChI=1S/C4H8O2.C2H3N.CH4O/c1-3-6-4(2)5;1-2-3;1-2/h3H2,1-2H3;1H3;2H,1H3. The third-order valence-electron chi connectivity index (χ3n) is 0.348. The van der Waals surface area contributed by atoms with E-state index < -0.39 is 0 Å². The summed E-state index contributed by atoms with van der Waals surface area (Å²) in [6.45, 7) is 5.08. The Morgan fingerprint density at radius 2 is 1.91 bits per heavy atom. The van der Waals surface area contributed by atoms with E-state index in [-0.39, 0.29) is 5.97 Å². The topological polar surface area (TPSA) is 70.3 Å². The molecule has 0 atom stereocenters. The molecule has 0 aliphatic carbocycles. The molecule has 0 aromatic heterocycles. The van der Waals surface area contributed by atoms with E-state index in [0.717, 1.165) is 7.11 Å². The molecule has 1 N–H and O–H groups in total. The summed E-state index contributed by atoms with van der Waals surface area (Å²) in [5, 5.41) is 14.3. The second kappa shape index (κ2) is 23.1. The van der Waals surface area contributed by atoms with Gasteiger partial charge in [-0.25, -0.2) is 0 Å². The van der Waals surface area contributed by atoms with Gasteiger partial charge in [-0.15, -0.1) is 0 Å². The van der Waals surface area contributed by atoms with Crippen LogP contribution in [-0.2, 0) is 9.53 Å². The average molecular weight is 161 g/mol. The summed E-state index contributed by atoms with van der Waals surface area (Å²) < 4.78 is 4.40. The molecular weight excluding hydrogens is 146 g/mol. The van der Waals surface area contributed by atoms with Crippen LogP contribution in [0, 0.1) is 11.3 Å². The molecule has 0 fully saturated rings. The minimum absolute atomic E-state index is 0.211. The molecule has 0 radical (unpaired) electrons. The SMILES string of the molecule is CC#N.CCOC(C)=O.CO.